The first kappa shape index (κ1) is 14.7. The third-order valence-corrected chi connectivity index (χ3v) is 3.15. The number of nitro groups is 1. The second kappa shape index (κ2) is 7.13. The van der Waals surface area contributed by atoms with E-state index in [1.165, 1.54) is 25.9 Å². The van der Waals surface area contributed by atoms with Crippen molar-refractivity contribution in [1.29, 1.82) is 0 Å². The lowest BCUT2D eigenvalue weighted by atomic mass is 9.97. The number of nitro benzene ring substituents is 1. The Hall–Kier alpha value is -1.39. The maximum atomic E-state index is 10.5. The van der Waals surface area contributed by atoms with E-state index >= 15 is 0 Å². The number of allylic oxidation sites excluding steroid dienone is 1. The van der Waals surface area contributed by atoms with Gasteiger partial charge in [0.1, 0.15) is 0 Å². The predicted molar refractivity (Wildman–Crippen MR) is 66.5 cm³/mol. The summed E-state index contributed by atoms with van der Waals surface area (Å²) in [4.78, 5) is 10.1. The van der Waals surface area contributed by atoms with Crippen LogP contribution in [0.2, 0.25) is 0 Å². The van der Waals surface area contributed by atoms with Gasteiger partial charge in [-0.25, -0.2) is 0 Å². The van der Waals surface area contributed by atoms with Gasteiger partial charge >= 0.3 is 0 Å². The number of hydrogen-bond donors (Lipinski definition) is 1. The fraction of sp³-hybridized carbons (Fsp3) is 0.385. The van der Waals surface area contributed by atoms with E-state index in [9.17, 15) is 10.1 Å². The van der Waals surface area contributed by atoms with E-state index in [4.69, 9.17) is 0 Å². The summed E-state index contributed by atoms with van der Waals surface area (Å²) in [5.41, 5.74) is 1.18. The predicted octanol–water partition coefficient (Wildman–Crippen LogP) is -1.41. The summed E-state index contributed by atoms with van der Waals surface area (Å²) in [5.74, 6) is 0.662. The van der Waals surface area contributed by atoms with Crippen LogP contribution in [0.4, 0.5) is 5.69 Å². The molecule has 4 nitrogen and oxygen atoms in total. The Morgan fingerprint density at radius 3 is 2.39 bits per heavy atom. The van der Waals surface area contributed by atoms with Crippen LogP contribution >= 0.6 is 0 Å². The highest BCUT2D eigenvalue weighted by Crippen LogP contribution is 2.16. The summed E-state index contributed by atoms with van der Waals surface area (Å²) in [6, 6.07) is 6.69. The maximum Gasteiger partial charge on any atom is 0.269 e. The van der Waals surface area contributed by atoms with Gasteiger partial charge in [-0.2, -0.15) is 0 Å². The standard InChI is InChI=1S/C13H16N2O2.ClH/c16-15(17)13-5-3-11(4-6-13)1-2-12-7-9-14-10-8-12;/h1-6,12,14H,7-10H2;1H/b2-1+;. The molecule has 0 saturated carbocycles. The summed E-state index contributed by atoms with van der Waals surface area (Å²) < 4.78 is 0. The van der Waals surface area contributed by atoms with Crippen LogP contribution in [0.3, 0.4) is 0 Å². The molecule has 1 aliphatic rings. The number of benzene rings is 1. The Kier molecular flexibility index (Phi) is 5.82. The van der Waals surface area contributed by atoms with Gasteiger partial charge in [0.15, 0.2) is 0 Å². The molecule has 0 atom stereocenters. The summed E-state index contributed by atoms with van der Waals surface area (Å²) in [7, 11) is 0. The van der Waals surface area contributed by atoms with E-state index in [2.05, 4.69) is 17.5 Å². The Balaban J connectivity index is 0.00000162. The first-order chi connectivity index (χ1) is 8.25. The van der Waals surface area contributed by atoms with Gasteiger partial charge in [0.05, 0.1) is 18.0 Å². The lowest BCUT2D eigenvalue weighted by molar-refractivity contribution is -0.664. The molecule has 18 heavy (non-hydrogen) atoms. The van der Waals surface area contributed by atoms with Crippen molar-refractivity contribution >= 4 is 11.8 Å². The van der Waals surface area contributed by atoms with Crippen LogP contribution in [0.25, 0.3) is 6.08 Å². The van der Waals surface area contributed by atoms with Crippen molar-refractivity contribution in [3.63, 3.8) is 0 Å². The zero-order valence-electron chi connectivity index (χ0n) is 10.1. The Labute approximate surface area is 113 Å². The lowest BCUT2D eigenvalue weighted by Crippen LogP contribution is -3.00. The van der Waals surface area contributed by atoms with E-state index in [1.807, 2.05) is 0 Å². The van der Waals surface area contributed by atoms with Gasteiger partial charge in [0.25, 0.3) is 5.69 Å². The van der Waals surface area contributed by atoms with Crippen molar-refractivity contribution in [2.75, 3.05) is 13.1 Å². The average molecular weight is 269 g/mol. The number of halogens is 1. The molecule has 1 fully saturated rings. The summed E-state index contributed by atoms with van der Waals surface area (Å²) >= 11 is 0. The molecule has 0 aromatic heterocycles. The largest absolute Gasteiger partial charge is 1.00 e. The van der Waals surface area contributed by atoms with Crippen LogP contribution in [0.1, 0.15) is 18.4 Å². The lowest BCUT2D eigenvalue weighted by Gasteiger charge is -2.16. The van der Waals surface area contributed by atoms with Crippen LogP contribution in [0.15, 0.2) is 30.3 Å². The molecule has 2 rings (SSSR count). The number of non-ortho nitro benzene ring substituents is 1. The number of piperidine rings is 1. The molecule has 1 aromatic carbocycles. The fourth-order valence-corrected chi connectivity index (χ4v) is 2.10. The summed E-state index contributed by atoms with van der Waals surface area (Å²) in [6.45, 7) is 2.41. The Bertz CT molecular complexity index is 412. The molecule has 1 aliphatic heterocycles. The van der Waals surface area contributed by atoms with Crippen LogP contribution in [-0.4, -0.2) is 18.0 Å². The number of hydrogen-bond acceptors (Lipinski definition) is 2. The minimum Gasteiger partial charge on any atom is -1.00 e. The molecular weight excluding hydrogens is 252 g/mol. The highest BCUT2D eigenvalue weighted by atomic mass is 35.5. The van der Waals surface area contributed by atoms with E-state index < -0.39 is 0 Å². The number of nitrogens with two attached hydrogens (primary N) is 1. The zero-order valence-corrected chi connectivity index (χ0v) is 10.8. The normalized spacial score (nSPS) is 16.4. The van der Waals surface area contributed by atoms with Crippen molar-refractivity contribution in [3.05, 3.63) is 46.0 Å². The highest BCUT2D eigenvalue weighted by molar-refractivity contribution is 5.51. The quantitative estimate of drug-likeness (QED) is 0.541. The molecular formula is C13H17ClN2O2. The van der Waals surface area contributed by atoms with E-state index in [-0.39, 0.29) is 23.0 Å². The fourth-order valence-electron chi connectivity index (χ4n) is 2.10. The highest BCUT2D eigenvalue weighted by Gasteiger charge is 2.11. The minimum atomic E-state index is -0.371. The van der Waals surface area contributed by atoms with Gasteiger partial charge in [-0.3, -0.25) is 10.1 Å². The van der Waals surface area contributed by atoms with Crippen LogP contribution < -0.4 is 17.7 Å². The molecule has 5 heteroatoms. The maximum absolute atomic E-state index is 10.5. The Morgan fingerprint density at radius 1 is 1.22 bits per heavy atom. The SMILES string of the molecule is O=[N+]([O-])c1ccc(/C=C/C2CC[NH2+]CC2)cc1.[Cl-]. The van der Waals surface area contributed by atoms with E-state index in [0.29, 0.717) is 5.92 Å². The molecule has 0 unspecified atom stereocenters. The van der Waals surface area contributed by atoms with Gasteiger partial charge < -0.3 is 17.7 Å². The molecule has 98 valence electrons. The van der Waals surface area contributed by atoms with Crippen LogP contribution in [-0.2, 0) is 0 Å². The Morgan fingerprint density at radius 2 is 1.83 bits per heavy atom. The first-order valence-corrected chi connectivity index (χ1v) is 6.00. The third kappa shape index (κ3) is 4.13. The molecule has 0 aliphatic carbocycles. The van der Waals surface area contributed by atoms with Gasteiger partial charge in [-0.05, 0) is 23.6 Å². The van der Waals surface area contributed by atoms with Crippen molar-refractivity contribution in [3.8, 4) is 0 Å². The molecule has 0 bridgehead atoms. The van der Waals surface area contributed by atoms with Crippen LogP contribution in [0, 0.1) is 16.0 Å². The average Bonchev–Trinajstić information content (AvgIpc) is 2.38. The van der Waals surface area contributed by atoms with Gasteiger partial charge in [0, 0.05) is 25.0 Å². The molecule has 2 N–H and O–H groups in total. The topological polar surface area (TPSA) is 59.8 Å². The van der Waals surface area contributed by atoms with Crippen molar-refractivity contribution in [1.82, 2.24) is 0 Å². The van der Waals surface area contributed by atoms with Gasteiger partial charge in [-0.15, -0.1) is 0 Å². The molecule has 1 saturated heterocycles. The van der Waals surface area contributed by atoms with E-state index in [0.717, 1.165) is 5.56 Å². The molecule has 0 spiro atoms. The van der Waals surface area contributed by atoms with Crippen molar-refractivity contribution in [2.45, 2.75) is 12.8 Å². The van der Waals surface area contributed by atoms with E-state index in [1.54, 1.807) is 24.3 Å². The summed E-state index contributed by atoms with van der Waals surface area (Å²) in [6.07, 6.45) is 6.75. The smallest absolute Gasteiger partial charge is 0.269 e. The summed E-state index contributed by atoms with van der Waals surface area (Å²) in [5, 5.41) is 12.8. The second-order valence-corrected chi connectivity index (χ2v) is 4.41. The number of quaternary nitrogens is 1. The zero-order chi connectivity index (χ0) is 12.1. The van der Waals surface area contributed by atoms with Crippen molar-refractivity contribution < 1.29 is 22.6 Å². The van der Waals surface area contributed by atoms with Crippen LogP contribution in [0.5, 0.6) is 0 Å². The van der Waals surface area contributed by atoms with Gasteiger partial charge in [0.2, 0.25) is 0 Å². The molecule has 0 radical (unpaired) electrons. The number of rotatable bonds is 3. The monoisotopic (exact) mass is 268 g/mol. The minimum absolute atomic E-state index is 0. The molecule has 1 aromatic rings. The second-order valence-electron chi connectivity index (χ2n) is 4.41. The molecule has 0 amide bonds. The van der Waals surface area contributed by atoms with Crippen molar-refractivity contribution in [2.24, 2.45) is 5.92 Å². The van der Waals surface area contributed by atoms with Gasteiger partial charge in [-0.1, -0.05) is 12.2 Å². The first-order valence-electron chi connectivity index (χ1n) is 6.00. The third-order valence-electron chi connectivity index (χ3n) is 3.15. The molecule has 1 heterocycles. The number of nitrogens with zero attached hydrogens (tertiary/aromatic N) is 1.